The van der Waals surface area contributed by atoms with Gasteiger partial charge in [-0.25, -0.2) is 4.39 Å². The van der Waals surface area contributed by atoms with Crippen LogP contribution in [0.15, 0.2) is 36.4 Å². The molecule has 0 aliphatic carbocycles. The monoisotopic (exact) mass is 310 g/mol. The summed E-state index contributed by atoms with van der Waals surface area (Å²) >= 11 is 11.0. The number of nitrogens with two attached hydrogens (primary N) is 1. The lowest BCUT2D eigenvalue weighted by Crippen LogP contribution is -2.12. The van der Waals surface area contributed by atoms with Crippen LogP contribution in [0.2, 0.25) is 5.02 Å². The molecule has 0 aliphatic rings. The fourth-order valence-electron chi connectivity index (χ4n) is 1.78. The van der Waals surface area contributed by atoms with Gasteiger partial charge in [0.25, 0.3) is 0 Å². The van der Waals surface area contributed by atoms with Crippen LogP contribution in [-0.4, -0.2) is 12.1 Å². The van der Waals surface area contributed by atoms with Crippen molar-refractivity contribution in [3.05, 3.63) is 52.8 Å². The number of methoxy groups -OCH3 is 1. The van der Waals surface area contributed by atoms with Crippen molar-refractivity contribution in [3.8, 4) is 5.75 Å². The van der Waals surface area contributed by atoms with Crippen LogP contribution in [0.25, 0.3) is 0 Å². The van der Waals surface area contributed by atoms with Crippen molar-refractivity contribution in [3.63, 3.8) is 0 Å². The van der Waals surface area contributed by atoms with E-state index in [9.17, 15) is 4.39 Å². The average Bonchev–Trinajstić information content (AvgIpc) is 2.38. The third-order valence-electron chi connectivity index (χ3n) is 2.69. The van der Waals surface area contributed by atoms with Crippen molar-refractivity contribution in [2.24, 2.45) is 5.73 Å². The van der Waals surface area contributed by atoms with Gasteiger partial charge in [-0.15, -0.1) is 0 Å². The van der Waals surface area contributed by atoms with E-state index in [2.05, 4.69) is 5.32 Å². The lowest BCUT2D eigenvalue weighted by molar-refractivity contribution is 0.386. The van der Waals surface area contributed by atoms with Crippen LogP contribution in [0.5, 0.6) is 5.75 Å². The standard InChI is InChI=1S/C14H12ClFN2OS/c1-19-12-6-5-8(7-10(12)16)18-11-4-2-3-9(15)13(11)14(17)20/h2-7,18H,1H3,(H2,17,20). The second-order valence-electron chi connectivity index (χ2n) is 4.00. The summed E-state index contributed by atoms with van der Waals surface area (Å²) in [6.45, 7) is 0. The van der Waals surface area contributed by atoms with Gasteiger partial charge < -0.3 is 15.8 Å². The summed E-state index contributed by atoms with van der Waals surface area (Å²) in [7, 11) is 1.41. The molecular weight excluding hydrogens is 299 g/mol. The number of thiocarbonyl (C=S) groups is 1. The van der Waals surface area contributed by atoms with E-state index in [1.807, 2.05) is 0 Å². The highest BCUT2D eigenvalue weighted by molar-refractivity contribution is 7.80. The lowest BCUT2D eigenvalue weighted by Gasteiger charge is -2.13. The van der Waals surface area contributed by atoms with Crippen molar-refractivity contribution in [2.75, 3.05) is 12.4 Å². The summed E-state index contributed by atoms with van der Waals surface area (Å²) in [5.41, 5.74) is 7.35. The Morgan fingerprint density at radius 2 is 2.10 bits per heavy atom. The predicted molar refractivity (Wildman–Crippen MR) is 83.6 cm³/mol. The van der Waals surface area contributed by atoms with E-state index < -0.39 is 5.82 Å². The number of nitrogens with one attached hydrogen (secondary N) is 1. The van der Waals surface area contributed by atoms with Crippen LogP contribution >= 0.6 is 23.8 Å². The normalized spacial score (nSPS) is 10.2. The maximum absolute atomic E-state index is 13.7. The zero-order valence-corrected chi connectivity index (χ0v) is 12.2. The van der Waals surface area contributed by atoms with E-state index in [0.29, 0.717) is 22.0 Å². The Bertz CT molecular complexity index is 664. The first kappa shape index (κ1) is 14.6. The molecule has 3 N–H and O–H groups in total. The van der Waals surface area contributed by atoms with E-state index in [-0.39, 0.29) is 10.7 Å². The highest BCUT2D eigenvalue weighted by atomic mass is 35.5. The van der Waals surface area contributed by atoms with Crippen LogP contribution in [0.1, 0.15) is 5.56 Å². The molecule has 0 heterocycles. The summed E-state index contributed by atoms with van der Waals surface area (Å²) in [5, 5.41) is 3.48. The number of hydrogen-bond acceptors (Lipinski definition) is 3. The van der Waals surface area contributed by atoms with Crippen LogP contribution in [0.4, 0.5) is 15.8 Å². The average molecular weight is 311 g/mol. The summed E-state index contributed by atoms with van der Waals surface area (Å²) in [6.07, 6.45) is 0. The molecule has 2 rings (SSSR count). The summed E-state index contributed by atoms with van der Waals surface area (Å²) < 4.78 is 18.5. The minimum atomic E-state index is -0.462. The maximum Gasteiger partial charge on any atom is 0.167 e. The van der Waals surface area contributed by atoms with Crippen LogP contribution in [0, 0.1) is 5.82 Å². The molecule has 0 unspecified atom stereocenters. The molecule has 0 amide bonds. The van der Waals surface area contributed by atoms with Crippen molar-refractivity contribution in [1.29, 1.82) is 0 Å². The third-order valence-corrected chi connectivity index (χ3v) is 3.21. The molecule has 0 radical (unpaired) electrons. The van der Waals surface area contributed by atoms with Crippen molar-refractivity contribution in [2.45, 2.75) is 0 Å². The molecule has 0 saturated heterocycles. The Balaban J connectivity index is 2.38. The van der Waals surface area contributed by atoms with E-state index in [0.717, 1.165) is 0 Å². The van der Waals surface area contributed by atoms with Crippen LogP contribution in [-0.2, 0) is 0 Å². The quantitative estimate of drug-likeness (QED) is 0.842. The van der Waals surface area contributed by atoms with Gasteiger partial charge in [-0.2, -0.15) is 0 Å². The van der Waals surface area contributed by atoms with Gasteiger partial charge in [0, 0.05) is 11.8 Å². The predicted octanol–water partition coefficient (Wildman–Crippen LogP) is 3.87. The molecule has 20 heavy (non-hydrogen) atoms. The van der Waals surface area contributed by atoms with Gasteiger partial charge in [0.2, 0.25) is 0 Å². The molecule has 0 aliphatic heterocycles. The molecule has 0 saturated carbocycles. The van der Waals surface area contributed by atoms with Gasteiger partial charge in [-0.1, -0.05) is 29.9 Å². The SMILES string of the molecule is COc1ccc(Nc2cccc(Cl)c2C(N)=S)cc1F. The zero-order valence-electron chi connectivity index (χ0n) is 10.6. The summed E-state index contributed by atoms with van der Waals surface area (Å²) in [6, 6.07) is 9.75. The van der Waals surface area contributed by atoms with Crippen molar-refractivity contribution >= 4 is 40.2 Å². The molecule has 3 nitrogen and oxygen atoms in total. The molecule has 0 atom stereocenters. The molecular formula is C14H12ClFN2OS. The number of halogens is 2. The first-order chi connectivity index (χ1) is 9.52. The second-order valence-corrected chi connectivity index (χ2v) is 4.85. The molecule has 2 aromatic rings. The highest BCUT2D eigenvalue weighted by Crippen LogP contribution is 2.29. The number of ether oxygens (including phenoxy) is 1. The van der Waals surface area contributed by atoms with Gasteiger partial charge >= 0.3 is 0 Å². The zero-order chi connectivity index (χ0) is 14.7. The van der Waals surface area contributed by atoms with Gasteiger partial charge in [0.1, 0.15) is 4.99 Å². The van der Waals surface area contributed by atoms with E-state index in [1.165, 1.54) is 19.2 Å². The van der Waals surface area contributed by atoms with Gasteiger partial charge in [0.05, 0.1) is 23.4 Å². The molecule has 0 spiro atoms. The topological polar surface area (TPSA) is 47.3 Å². The minimum absolute atomic E-state index is 0.173. The summed E-state index contributed by atoms with van der Waals surface area (Å²) in [4.78, 5) is 0.173. The Morgan fingerprint density at radius 3 is 2.70 bits per heavy atom. The van der Waals surface area contributed by atoms with Gasteiger partial charge in [-0.05, 0) is 24.3 Å². The van der Waals surface area contributed by atoms with Crippen molar-refractivity contribution < 1.29 is 9.13 Å². The Morgan fingerprint density at radius 1 is 1.35 bits per heavy atom. The van der Waals surface area contributed by atoms with Crippen LogP contribution in [0.3, 0.4) is 0 Å². The van der Waals surface area contributed by atoms with Gasteiger partial charge in [0.15, 0.2) is 11.6 Å². The van der Waals surface area contributed by atoms with E-state index >= 15 is 0 Å². The Kier molecular flexibility index (Phi) is 4.42. The highest BCUT2D eigenvalue weighted by Gasteiger charge is 2.11. The number of hydrogen-bond donors (Lipinski definition) is 2. The second kappa shape index (κ2) is 6.07. The summed E-state index contributed by atoms with van der Waals surface area (Å²) in [5.74, 6) is -0.285. The fourth-order valence-corrected chi connectivity index (χ4v) is 2.33. The molecule has 0 aromatic heterocycles. The fraction of sp³-hybridized carbons (Fsp3) is 0.0714. The lowest BCUT2D eigenvalue weighted by atomic mass is 10.1. The molecule has 104 valence electrons. The first-order valence-electron chi connectivity index (χ1n) is 5.72. The molecule has 0 fully saturated rings. The maximum atomic E-state index is 13.7. The number of rotatable bonds is 4. The van der Waals surface area contributed by atoms with Crippen molar-refractivity contribution in [1.82, 2.24) is 0 Å². The molecule has 6 heteroatoms. The number of benzene rings is 2. The minimum Gasteiger partial charge on any atom is -0.494 e. The smallest absolute Gasteiger partial charge is 0.167 e. The Labute approximate surface area is 126 Å². The largest absolute Gasteiger partial charge is 0.494 e. The number of anilines is 2. The Hall–Kier alpha value is -1.85. The van der Waals surface area contributed by atoms with Crippen LogP contribution < -0.4 is 15.8 Å². The molecule has 0 bridgehead atoms. The third kappa shape index (κ3) is 3.00. The van der Waals surface area contributed by atoms with E-state index in [1.54, 1.807) is 24.3 Å². The first-order valence-corrected chi connectivity index (χ1v) is 6.50. The van der Waals surface area contributed by atoms with E-state index in [4.69, 9.17) is 34.3 Å². The molecule has 2 aromatic carbocycles. The van der Waals surface area contributed by atoms with Gasteiger partial charge in [-0.3, -0.25) is 0 Å².